The van der Waals surface area contributed by atoms with Crippen molar-refractivity contribution in [3.8, 4) is 11.8 Å². The van der Waals surface area contributed by atoms with E-state index in [1.165, 1.54) is 0 Å². The van der Waals surface area contributed by atoms with E-state index in [4.69, 9.17) is 10.00 Å². The van der Waals surface area contributed by atoms with Gasteiger partial charge in [0.15, 0.2) is 0 Å². The van der Waals surface area contributed by atoms with Gasteiger partial charge in [-0.1, -0.05) is 0 Å². The van der Waals surface area contributed by atoms with Crippen molar-refractivity contribution in [1.82, 2.24) is 15.1 Å². The summed E-state index contributed by atoms with van der Waals surface area (Å²) in [7, 11) is 0. The highest BCUT2D eigenvalue weighted by molar-refractivity contribution is 5.34. The van der Waals surface area contributed by atoms with Gasteiger partial charge < -0.3 is 15.2 Å². The fourth-order valence-corrected chi connectivity index (χ4v) is 2.25. The second kappa shape index (κ2) is 8.48. The van der Waals surface area contributed by atoms with Gasteiger partial charge in [-0.05, 0) is 50.6 Å². The molecule has 0 saturated carbocycles. The van der Waals surface area contributed by atoms with Crippen LogP contribution in [0.5, 0.6) is 5.75 Å². The SMILES string of the molecule is Cc1cnn([C@H](C)[C@H](C)NC[C@H](O)COc2ccc(C#N)cc2)c1. The zero-order valence-corrected chi connectivity index (χ0v) is 14.3. The molecule has 1 aromatic carbocycles. The van der Waals surface area contributed by atoms with Crippen LogP contribution in [0.4, 0.5) is 0 Å². The second-order valence-corrected chi connectivity index (χ2v) is 6.04. The Bertz CT molecular complexity index is 675. The first kappa shape index (κ1) is 18.0. The molecule has 128 valence electrons. The van der Waals surface area contributed by atoms with Gasteiger partial charge in [0.1, 0.15) is 18.5 Å². The Morgan fingerprint density at radius 2 is 2.04 bits per heavy atom. The summed E-state index contributed by atoms with van der Waals surface area (Å²) in [6, 6.07) is 9.23. The molecule has 0 amide bonds. The number of aliphatic hydroxyl groups is 1. The molecule has 6 nitrogen and oxygen atoms in total. The van der Waals surface area contributed by atoms with Crippen LogP contribution in [-0.4, -0.2) is 40.2 Å². The maximum Gasteiger partial charge on any atom is 0.119 e. The number of benzene rings is 1. The molecule has 0 radical (unpaired) electrons. The molecule has 0 spiro atoms. The summed E-state index contributed by atoms with van der Waals surface area (Å²) < 4.78 is 7.45. The lowest BCUT2D eigenvalue weighted by Gasteiger charge is -2.23. The molecule has 2 N–H and O–H groups in total. The van der Waals surface area contributed by atoms with Crippen LogP contribution in [0.2, 0.25) is 0 Å². The standard InChI is InChI=1S/C18H24N4O2/c1-13-9-21-22(11-13)15(3)14(2)20-10-17(23)12-24-18-6-4-16(8-19)5-7-18/h4-7,9,11,14-15,17,20,23H,10,12H2,1-3H3/t14-,15+,17-/m0/s1. The summed E-state index contributed by atoms with van der Waals surface area (Å²) in [6.07, 6.45) is 3.23. The highest BCUT2D eigenvalue weighted by atomic mass is 16.5. The third-order valence-corrected chi connectivity index (χ3v) is 3.97. The van der Waals surface area contributed by atoms with Gasteiger partial charge in [0.2, 0.25) is 0 Å². The van der Waals surface area contributed by atoms with E-state index in [2.05, 4.69) is 30.3 Å². The Morgan fingerprint density at radius 1 is 1.33 bits per heavy atom. The molecule has 0 aliphatic rings. The highest BCUT2D eigenvalue weighted by Gasteiger charge is 2.16. The Kier molecular flexibility index (Phi) is 6.36. The van der Waals surface area contributed by atoms with Crippen molar-refractivity contribution in [1.29, 1.82) is 5.26 Å². The third-order valence-electron chi connectivity index (χ3n) is 3.97. The molecule has 2 aromatic rings. The predicted octanol–water partition coefficient (Wildman–Crippen LogP) is 2.04. The maximum absolute atomic E-state index is 10.1. The molecule has 3 atom stereocenters. The largest absolute Gasteiger partial charge is 0.491 e. The minimum Gasteiger partial charge on any atom is -0.491 e. The van der Waals surface area contributed by atoms with Gasteiger partial charge in [0.05, 0.1) is 23.9 Å². The molecular formula is C18H24N4O2. The van der Waals surface area contributed by atoms with E-state index >= 15 is 0 Å². The lowest BCUT2D eigenvalue weighted by atomic mass is 10.1. The van der Waals surface area contributed by atoms with Gasteiger partial charge in [-0.2, -0.15) is 10.4 Å². The molecule has 0 aliphatic carbocycles. The van der Waals surface area contributed by atoms with Crippen LogP contribution in [0.15, 0.2) is 36.7 Å². The molecule has 0 unspecified atom stereocenters. The molecule has 6 heteroatoms. The van der Waals surface area contributed by atoms with E-state index in [1.807, 2.05) is 24.0 Å². The predicted molar refractivity (Wildman–Crippen MR) is 91.8 cm³/mol. The lowest BCUT2D eigenvalue weighted by molar-refractivity contribution is 0.102. The molecule has 0 aliphatic heterocycles. The maximum atomic E-state index is 10.1. The minimum atomic E-state index is -0.616. The number of aliphatic hydroxyl groups excluding tert-OH is 1. The normalized spacial score (nSPS) is 14.6. The van der Waals surface area contributed by atoms with Gasteiger partial charge in [0, 0.05) is 18.8 Å². The van der Waals surface area contributed by atoms with Crippen LogP contribution in [0.1, 0.15) is 31.0 Å². The smallest absolute Gasteiger partial charge is 0.119 e. The Labute approximate surface area is 142 Å². The van der Waals surface area contributed by atoms with E-state index in [0.717, 1.165) is 5.56 Å². The summed E-state index contributed by atoms with van der Waals surface area (Å²) in [6.45, 7) is 6.79. The first-order valence-electron chi connectivity index (χ1n) is 8.04. The fourth-order valence-electron chi connectivity index (χ4n) is 2.25. The van der Waals surface area contributed by atoms with Crippen LogP contribution < -0.4 is 10.1 Å². The number of aryl methyl sites for hydroxylation is 1. The monoisotopic (exact) mass is 328 g/mol. The lowest BCUT2D eigenvalue weighted by Crippen LogP contribution is -2.40. The Balaban J connectivity index is 1.73. The van der Waals surface area contributed by atoms with Crippen molar-refractivity contribution >= 4 is 0 Å². The average molecular weight is 328 g/mol. The number of nitrogens with zero attached hydrogens (tertiary/aromatic N) is 3. The van der Waals surface area contributed by atoms with Crippen LogP contribution in [0.25, 0.3) is 0 Å². The summed E-state index contributed by atoms with van der Waals surface area (Å²) in [5.74, 6) is 0.640. The van der Waals surface area contributed by atoms with Gasteiger partial charge in [0.25, 0.3) is 0 Å². The van der Waals surface area contributed by atoms with E-state index in [0.29, 0.717) is 17.9 Å². The van der Waals surface area contributed by atoms with Crippen LogP contribution in [-0.2, 0) is 0 Å². The van der Waals surface area contributed by atoms with Crippen molar-refractivity contribution in [2.45, 2.75) is 39.0 Å². The topological polar surface area (TPSA) is 83.1 Å². The number of hydrogen-bond acceptors (Lipinski definition) is 5. The summed E-state index contributed by atoms with van der Waals surface area (Å²) in [5, 5.41) is 26.4. The number of rotatable bonds is 8. The average Bonchev–Trinajstić information content (AvgIpc) is 3.04. The van der Waals surface area contributed by atoms with E-state index in [-0.39, 0.29) is 18.7 Å². The number of nitriles is 1. The van der Waals surface area contributed by atoms with Crippen LogP contribution in [0.3, 0.4) is 0 Å². The van der Waals surface area contributed by atoms with Crippen molar-refractivity contribution in [3.63, 3.8) is 0 Å². The highest BCUT2D eigenvalue weighted by Crippen LogP contribution is 2.12. The molecule has 0 bridgehead atoms. The Morgan fingerprint density at radius 3 is 2.62 bits per heavy atom. The van der Waals surface area contributed by atoms with E-state index < -0.39 is 6.10 Å². The zero-order valence-electron chi connectivity index (χ0n) is 14.3. The van der Waals surface area contributed by atoms with Gasteiger partial charge in [-0.3, -0.25) is 4.68 Å². The van der Waals surface area contributed by atoms with Gasteiger partial charge in [-0.25, -0.2) is 0 Å². The first-order valence-corrected chi connectivity index (χ1v) is 8.04. The number of ether oxygens (including phenoxy) is 1. The van der Waals surface area contributed by atoms with Crippen LogP contribution in [0, 0.1) is 18.3 Å². The first-order chi connectivity index (χ1) is 11.5. The second-order valence-electron chi connectivity index (χ2n) is 6.04. The van der Waals surface area contributed by atoms with Crippen molar-refractivity contribution in [3.05, 3.63) is 47.8 Å². The van der Waals surface area contributed by atoms with Crippen molar-refractivity contribution in [2.24, 2.45) is 0 Å². The minimum absolute atomic E-state index is 0.161. The molecule has 1 aromatic heterocycles. The molecule has 2 rings (SSSR count). The van der Waals surface area contributed by atoms with E-state index in [9.17, 15) is 5.11 Å². The van der Waals surface area contributed by atoms with Gasteiger partial charge >= 0.3 is 0 Å². The zero-order chi connectivity index (χ0) is 17.5. The van der Waals surface area contributed by atoms with Gasteiger partial charge in [-0.15, -0.1) is 0 Å². The molecule has 0 saturated heterocycles. The molecule has 24 heavy (non-hydrogen) atoms. The summed E-state index contributed by atoms with van der Waals surface area (Å²) in [5.41, 5.74) is 1.71. The molecule has 0 fully saturated rings. The fraction of sp³-hybridized carbons (Fsp3) is 0.444. The number of nitrogens with one attached hydrogen (secondary N) is 1. The summed E-state index contributed by atoms with van der Waals surface area (Å²) in [4.78, 5) is 0. The van der Waals surface area contributed by atoms with E-state index in [1.54, 1.807) is 24.3 Å². The molecule has 1 heterocycles. The third kappa shape index (κ3) is 5.08. The number of aromatic nitrogens is 2. The number of hydrogen-bond donors (Lipinski definition) is 2. The Hall–Kier alpha value is -2.36. The summed E-state index contributed by atoms with van der Waals surface area (Å²) >= 11 is 0. The quantitative estimate of drug-likeness (QED) is 0.775. The van der Waals surface area contributed by atoms with Crippen LogP contribution >= 0.6 is 0 Å². The van der Waals surface area contributed by atoms with Crippen molar-refractivity contribution in [2.75, 3.05) is 13.2 Å². The van der Waals surface area contributed by atoms with Crippen molar-refractivity contribution < 1.29 is 9.84 Å². The molecular weight excluding hydrogens is 304 g/mol.